The number of rotatable bonds is 9. The highest BCUT2D eigenvalue weighted by Gasteiger charge is 2.31. The number of nitro groups is 1. The average Bonchev–Trinajstić information content (AvgIpc) is 3.29. The third-order valence-corrected chi connectivity index (χ3v) is 3.43. The van der Waals surface area contributed by atoms with E-state index in [-0.39, 0.29) is 23.6 Å². The molecule has 1 aliphatic rings. The van der Waals surface area contributed by atoms with Gasteiger partial charge in [0.2, 0.25) is 0 Å². The Morgan fingerprint density at radius 1 is 1.13 bits per heavy atom. The first-order valence-electron chi connectivity index (χ1n) is 6.75. The largest absolute Gasteiger partial charge is 0.314 e. The second-order valence-electron chi connectivity index (χ2n) is 5.01. The van der Waals surface area contributed by atoms with Crippen molar-refractivity contribution in [3.8, 4) is 0 Å². The van der Waals surface area contributed by atoms with E-state index in [4.69, 9.17) is 0 Å². The molecule has 0 radical (unpaired) electrons. The summed E-state index contributed by atoms with van der Waals surface area (Å²) in [4.78, 5) is 39.9. The maximum Gasteiger partial charge on any atom is 0.295 e. The zero-order chi connectivity index (χ0) is 17.0. The van der Waals surface area contributed by atoms with E-state index in [0.717, 1.165) is 12.8 Å². The van der Waals surface area contributed by atoms with Crippen molar-refractivity contribution in [3.05, 3.63) is 59.7 Å². The first-order chi connectivity index (χ1) is 10.9. The number of benzene rings is 1. The number of nitrogens with zero attached hydrogens (tertiary/aromatic N) is 3. The average molecular weight is 327 g/mol. The van der Waals surface area contributed by atoms with Crippen molar-refractivity contribution in [2.45, 2.75) is 31.3 Å². The van der Waals surface area contributed by atoms with Crippen LogP contribution in [0, 0.1) is 30.3 Å². The van der Waals surface area contributed by atoms with Crippen LogP contribution in [0.2, 0.25) is 0 Å². The van der Waals surface area contributed by atoms with Crippen molar-refractivity contribution in [1.82, 2.24) is 0 Å². The lowest BCUT2D eigenvalue weighted by Gasteiger charge is -2.15. The van der Waals surface area contributed by atoms with Crippen LogP contribution in [0.15, 0.2) is 18.2 Å². The van der Waals surface area contributed by atoms with Crippen LogP contribution in [-0.2, 0) is 9.68 Å². The van der Waals surface area contributed by atoms with Crippen molar-refractivity contribution in [2.75, 3.05) is 6.61 Å². The first kappa shape index (κ1) is 16.4. The fourth-order valence-corrected chi connectivity index (χ4v) is 2.28. The molecule has 1 unspecified atom stereocenters. The Morgan fingerprint density at radius 3 is 2.35 bits per heavy atom. The van der Waals surface area contributed by atoms with E-state index in [1.165, 1.54) is 12.1 Å². The first-order valence-corrected chi connectivity index (χ1v) is 6.75. The van der Waals surface area contributed by atoms with Crippen molar-refractivity contribution < 1.29 is 24.8 Å². The Balaban J connectivity index is 2.22. The standard InChI is InChI=1S/C12H13N3O8/c16-13(17)11-7-9(3-4-10(11)8-1-2-8)12(23-15(20)21)5-6-22-14(18)19/h3-4,7-8,12H,1-2,5-6H2. The van der Waals surface area contributed by atoms with Gasteiger partial charge in [-0.2, -0.15) is 0 Å². The summed E-state index contributed by atoms with van der Waals surface area (Å²) in [6, 6.07) is 4.27. The van der Waals surface area contributed by atoms with Gasteiger partial charge in [-0.3, -0.25) is 10.1 Å². The molecule has 1 saturated carbocycles. The van der Waals surface area contributed by atoms with Gasteiger partial charge in [-0.05, 0) is 24.3 Å². The third kappa shape index (κ3) is 4.49. The SMILES string of the molecule is O=[N+]([O-])OCCC(O[N+](=O)[O-])c1ccc(C2CC2)c([N+](=O)[O-])c1. The molecule has 0 aromatic heterocycles. The van der Waals surface area contributed by atoms with Crippen LogP contribution in [-0.4, -0.2) is 21.7 Å². The number of hydrogen-bond donors (Lipinski definition) is 0. The zero-order valence-electron chi connectivity index (χ0n) is 11.8. The van der Waals surface area contributed by atoms with E-state index in [0.29, 0.717) is 5.56 Å². The van der Waals surface area contributed by atoms with Gasteiger partial charge in [-0.1, -0.05) is 12.1 Å². The highest BCUT2D eigenvalue weighted by atomic mass is 17.0. The molecule has 2 rings (SSSR count). The minimum Gasteiger partial charge on any atom is -0.314 e. The third-order valence-electron chi connectivity index (χ3n) is 3.43. The molecular formula is C12H13N3O8. The molecule has 1 aromatic rings. The van der Waals surface area contributed by atoms with Gasteiger partial charge in [0, 0.05) is 18.1 Å². The van der Waals surface area contributed by atoms with E-state index in [9.17, 15) is 30.3 Å². The molecule has 1 aromatic carbocycles. The topological polar surface area (TPSA) is 148 Å². The molecule has 1 atom stereocenters. The molecule has 0 heterocycles. The van der Waals surface area contributed by atoms with Gasteiger partial charge in [0.25, 0.3) is 15.9 Å². The van der Waals surface area contributed by atoms with Gasteiger partial charge in [-0.25, -0.2) is 0 Å². The van der Waals surface area contributed by atoms with Crippen molar-refractivity contribution >= 4 is 5.69 Å². The molecule has 1 fully saturated rings. The monoisotopic (exact) mass is 327 g/mol. The van der Waals surface area contributed by atoms with Crippen LogP contribution < -0.4 is 0 Å². The minimum atomic E-state index is -1.18. The van der Waals surface area contributed by atoms with E-state index >= 15 is 0 Å². The summed E-state index contributed by atoms with van der Waals surface area (Å²) in [5, 5.41) is 29.8. The summed E-state index contributed by atoms with van der Waals surface area (Å²) in [6.45, 7) is -0.427. The summed E-state index contributed by atoms with van der Waals surface area (Å²) in [5.41, 5.74) is 0.655. The lowest BCUT2D eigenvalue weighted by atomic mass is 10.0. The van der Waals surface area contributed by atoms with E-state index in [1.54, 1.807) is 6.07 Å². The molecule has 0 spiro atoms. The van der Waals surface area contributed by atoms with Crippen LogP contribution >= 0.6 is 0 Å². The van der Waals surface area contributed by atoms with Crippen LogP contribution in [0.1, 0.15) is 42.4 Å². The Bertz CT molecular complexity index is 631. The van der Waals surface area contributed by atoms with E-state index in [1.807, 2.05) is 0 Å². The molecule has 1 aliphatic carbocycles. The maximum atomic E-state index is 11.2. The van der Waals surface area contributed by atoms with Gasteiger partial charge < -0.3 is 9.68 Å². The van der Waals surface area contributed by atoms with Gasteiger partial charge in [0.15, 0.2) is 0 Å². The van der Waals surface area contributed by atoms with Gasteiger partial charge in [-0.15, -0.1) is 20.2 Å². The van der Waals surface area contributed by atoms with E-state index in [2.05, 4.69) is 9.68 Å². The molecule has 0 N–H and O–H groups in total. The van der Waals surface area contributed by atoms with Crippen LogP contribution in [0.5, 0.6) is 0 Å². The highest BCUT2D eigenvalue weighted by Crippen LogP contribution is 2.44. The molecule has 124 valence electrons. The lowest BCUT2D eigenvalue weighted by Crippen LogP contribution is -2.14. The summed E-state index contributed by atoms with van der Waals surface area (Å²) in [6.07, 6.45) is 0.358. The summed E-state index contributed by atoms with van der Waals surface area (Å²) < 4.78 is 0. The second kappa shape index (κ2) is 6.85. The minimum absolute atomic E-state index is 0.128. The van der Waals surface area contributed by atoms with Crippen LogP contribution in [0.3, 0.4) is 0 Å². The van der Waals surface area contributed by atoms with Crippen molar-refractivity contribution in [3.63, 3.8) is 0 Å². The van der Waals surface area contributed by atoms with Crippen LogP contribution in [0.25, 0.3) is 0 Å². The lowest BCUT2D eigenvalue weighted by molar-refractivity contribution is -0.776. The molecule has 0 aliphatic heterocycles. The Morgan fingerprint density at radius 2 is 1.83 bits per heavy atom. The molecule has 0 bridgehead atoms. The predicted octanol–water partition coefficient (Wildman–Crippen LogP) is 2.32. The Hall–Kier alpha value is -2.98. The number of hydrogen-bond acceptors (Lipinski definition) is 8. The molecular weight excluding hydrogens is 314 g/mol. The normalized spacial score (nSPS) is 14.8. The van der Waals surface area contributed by atoms with Gasteiger partial charge in [0.1, 0.15) is 6.10 Å². The molecule has 0 amide bonds. The summed E-state index contributed by atoms with van der Waals surface area (Å²) in [7, 11) is 0. The van der Waals surface area contributed by atoms with E-state index < -0.39 is 27.8 Å². The molecule has 11 heteroatoms. The quantitative estimate of drug-likeness (QED) is 0.495. The Labute approximate surface area is 129 Å². The maximum absolute atomic E-state index is 11.2. The molecule has 11 nitrogen and oxygen atoms in total. The zero-order valence-corrected chi connectivity index (χ0v) is 11.8. The number of nitro benzene ring substituents is 1. The molecule has 23 heavy (non-hydrogen) atoms. The van der Waals surface area contributed by atoms with Gasteiger partial charge >= 0.3 is 0 Å². The fraction of sp³-hybridized carbons (Fsp3) is 0.500. The smallest absolute Gasteiger partial charge is 0.295 e. The fourth-order valence-electron chi connectivity index (χ4n) is 2.28. The van der Waals surface area contributed by atoms with Crippen LogP contribution in [0.4, 0.5) is 5.69 Å². The summed E-state index contributed by atoms with van der Waals surface area (Å²) >= 11 is 0. The van der Waals surface area contributed by atoms with Crippen molar-refractivity contribution in [2.24, 2.45) is 0 Å². The second-order valence-corrected chi connectivity index (χ2v) is 5.01. The summed E-state index contributed by atoms with van der Waals surface area (Å²) in [5.74, 6) is 0.136. The molecule has 0 saturated heterocycles. The Kier molecular flexibility index (Phi) is 4.88. The predicted molar refractivity (Wildman–Crippen MR) is 73.5 cm³/mol. The highest BCUT2D eigenvalue weighted by molar-refractivity contribution is 5.47. The van der Waals surface area contributed by atoms with Gasteiger partial charge in [0.05, 0.1) is 11.5 Å². The van der Waals surface area contributed by atoms with Crippen molar-refractivity contribution in [1.29, 1.82) is 0 Å².